The molecule has 0 aliphatic rings. The van der Waals surface area contributed by atoms with Gasteiger partial charge in [0.1, 0.15) is 5.75 Å². The van der Waals surface area contributed by atoms with Crippen molar-refractivity contribution < 1.29 is 14.3 Å². The zero-order chi connectivity index (χ0) is 22.8. The number of hydrogen-bond donors (Lipinski definition) is 3. The molecule has 3 N–H and O–H groups in total. The van der Waals surface area contributed by atoms with E-state index in [0.717, 1.165) is 23.4 Å². The fourth-order valence-electron chi connectivity index (χ4n) is 3.09. The Kier molecular flexibility index (Phi) is 8.26. The summed E-state index contributed by atoms with van der Waals surface area (Å²) in [6, 6.07) is 23.2. The number of ether oxygens (including phenoxy) is 1. The molecule has 6 heteroatoms. The van der Waals surface area contributed by atoms with Crippen LogP contribution in [0.25, 0.3) is 0 Å². The van der Waals surface area contributed by atoms with Crippen molar-refractivity contribution in [3.8, 4) is 5.75 Å². The molecule has 0 saturated carbocycles. The summed E-state index contributed by atoms with van der Waals surface area (Å²) >= 11 is 0. The lowest BCUT2D eigenvalue weighted by atomic mass is 10.1. The number of aryl methyl sites for hydroxylation is 1. The van der Waals surface area contributed by atoms with Crippen molar-refractivity contribution in [1.82, 2.24) is 0 Å². The molecule has 0 fully saturated rings. The molecule has 0 aliphatic heterocycles. The summed E-state index contributed by atoms with van der Waals surface area (Å²) < 4.78 is 5.84. The summed E-state index contributed by atoms with van der Waals surface area (Å²) in [6.07, 6.45) is 1.23. The minimum atomic E-state index is -0.183. The lowest BCUT2D eigenvalue weighted by molar-refractivity contribution is -0.116. The highest BCUT2D eigenvalue weighted by Crippen LogP contribution is 2.21. The molecule has 3 aromatic rings. The topological polar surface area (TPSA) is 79.5 Å². The number of anilines is 3. The van der Waals surface area contributed by atoms with Crippen LogP contribution in [0.5, 0.6) is 5.75 Å². The lowest BCUT2D eigenvalue weighted by Gasteiger charge is -2.12. The van der Waals surface area contributed by atoms with Crippen molar-refractivity contribution in [2.75, 3.05) is 29.1 Å². The fraction of sp³-hybridized carbons (Fsp3) is 0.231. The minimum Gasteiger partial charge on any atom is -0.493 e. The Morgan fingerprint density at radius 2 is 1.66 bits per heavy atom. The number of nitrogens with one attached hydrogen (secondary N) is 3. The second-order valence-electron chi connectivity index (χ2n) is 7.45. The summed E-state index contributed by atoms with van der Waals surface area (Å²) in [6.45, 7) is 4.40. The predicted molar refractivity (Wildman–Crippen MR) is 129 cm³/mol. The Hall–Kier alpha value is -3.80. The van der Waals surface area contributed by atoms with Crippen LogP contribution < -0.4 is 20.7 Å². The molecule has 0 saturated heterocycles. The van der Waals surface area contributed by atoms with Gasteiger partial charge < -0.3 is 20.7 Å². The molecule has 0 atom stereocenters. The van der Waals surface area contributed by atoms with Crippen molar-refractivity contribution in [3.63, 3.8) is 0 Å². The first-order valence-corrected chi connectivity index (χ1v) is 10.7. The molecule has 32 heavy (non-hydrogen) atoms. The summed E-state index contributed by atoms with van der Waals surface area (Å²) in [5, 5.41) is 8.82. The maximum absolute atomic E-state index is 12.4. The zero-order valence-corrected chi connectivity index (χ0v) is 18.5. The molecule has 2 amide bonds. The molecule has 0 heterocycles. The third-order valence-electron chi connectivity index (χ3n) is 4.91. The van der Waals surface area contributed by atoms with E-state index in [2.05, 4.69) is 28.1 Å². The molecule has 0 bridgehead atoms. The van der Waals surface area contributed by atoms with Gasteiger partial charge in [-0.2, -0.15) is 0 Å². The molecular formula is C26H29N3O3. The van der Waals surface area contributed by atoms with Crippen LogP contribution in [-0.4, -0.2) is 25.0 Å². The monoisotopic (exact) mass is 431 g/mol. The van der Waals surface area contributed by atoms with Crippen molar-refractivity contribution in [2.24, 2.45) is 0 Å². The van der Waals surface area contributed by atoms with E-state index in [-0.39, 0.29) is 18.4 Å². The van der Waals surface area contributed by atoms with E-state index in [4.69, 9.17) is 4.74 Å². The van der Waals surface area contributed by atoms with Crippen molar-refractivity contribution >= 4 is 28.9 Å². The van der Waals surface area contributed by atoms with Gasteiger partial charge in [0.25, 0.3) is 0 Å². The highest BCUT2D eigenvalue weighted by atomic mass is 16.5. The maximum Gasteiger partial charge on any atom is 0.243 e. The van der Waals surface area contributed by atoms with Gasteiger partial charge in [-0.05, 0) is 42.3 Å². The van der Waals surface area contributed by atoms with E-state index in [1.54, 1.807) is 13.0 Å². The molecule has 3 aromatic carbocycles. The number of carbonyl (C=O) groups is 2. The molecule has 0 radical (unpaired) electrons. The third kappa shape index (κ3) is 7.16. The number of benzene rings is 3. The highest BCUT2D eigenvalue weighted by Gasteiger charge is 2.07. The van der Waals surface area contributed by atoms with Gasteiger partial charge in [0.15, 0.2) is 0 Å². The van der Waals surface area contributed by atoms with E-state index >= 15 is 0 Å². The van der Waals surface area contributed by atoms with Gasteiger partial charge >= 0.3 is 0 Å². The number of carbonyl (C=O) groups excluding carboxylic acids is 2. The lowest BCUT2D eigenvalue weighted by Crippen LogP contribution is -2.22. The molecule has 0 unspecified atom stereocenters. The van der Waals surface area contributed by atoms with Gasteiger partial charge in [0.05, 0.1) is 13.2 Å². The van der Waals surface area contributed by atoms with Crippen LogP contribution in [-0.2, 0) is 16.0 Å². The second-order valence-corrected chi connectivity index (χ2v) is 7.45. The van der Waals surface area contributed by atoms with Crippen LogP contribution in [0.1, 0.15) is 24.5 Å². The van der Waals surface area contributed by atoms with Crippen LogP contribution in [0.2, 0.25) is 0 Å². The third-order valence-corrected chi connectivity index (χ3v) is 4.91. The molecule has 3 rings (SSSR count). The first kappa shape index (κ1) is 22.9. The summed E-state index contributed by atoms with van der Waals surface area (Å²) in [7, 11) is 0. The van der Waals surface area contributed by atoms with E-state index in [0.29, 0.717) is 24.4 Å². The first-order valence-electron chi connectivity index (χ1n) is 10.7. The Bertz CT molecular complexity index is 1050. The molecule has 6 nitrogen and oxygen atoms in total. The van der Waals surface area contributed by atoms with Gasteiger partial charge in [-0.15, -0.1) is 0 Å². The van der Waals surface area contributed by atoms with Gasteiger partial charge in [-0.3, -0.25) is 9.59 Å². The average Bonchev–Trinajstić information content (AvgIpc) is 2.81. The predicted octanol–water partition coefficient (Wildman–Crippen LogP) is 5.02. The van der Waals surface area contributed by atoms with Crippen molar-refractivity contribution in [3.05, 3.63) is 83.9 Å². The second kappa shape index (κ2) is 11.6. The normalized spacial score (nSPS) is 10.3. The number of hydrogen-bond acceptors (Lipinski definition) is 4. The van der Waals surface area contributed by atoms with Crippen LogP contribution >= 0.6 is 0 Å². The van der Waals surface area contributed by atoms with Crippen LogP contribution in [0.15, 0.2) is 72.8 Å². The Morgan fingerprint density at radius 1 is 0.844 bits per heavy atom. The standard InChI is InChI=1S/C26H29N3O3/c1-3-25(30)29-24-17-22(13-12-19(24)2)28-26(31)18-27-21-10-7-11-23(16-21)32-15-14-20-8-5-4-6-9-20/h4-13,16-17,27H,3,14-15,18H2,1-2H3,(H,28,31)(H,29,30). The van der Waals surface area contributed by atoms with E-state index in [1.165, 1.54) is 5.56 Å². The van der Waals surface area contributed by atoms with E-state index in [1.807, 2.05) is 61.5 Å². The fourth-order valence-corrected chi connectivity index (χ4v) is 3.09. The summed E-state index contributed by atoms with van der Waals surface area (Å²) in [5.41, 5.74) is 4.30. The zero-order valence-electron chi connectivity index (χ0n) is 18.5. The Labute approximate surface area is 189 Å². The van der Waals surface area contributed by atoms with Gasteiger partial charge in [-0.25, -0.2) is 0 Å². The van der Waals surface area contributed by atoms with Crippen LogP contribution in [0, 0.1) is 6.92 Å². The highest BCUT2D eigenvalue weighted by molar-refractivity contribution is 5.96. The van der Waals surface area contributed by atoms with Crippen LogP contribution in [0.4, 0.5) is 17.1 Å². The maximum atomic E-state index is 12.4. The average molecular weight is 432 g/mol. The van der Waals surface area contributed by atoms with E-state index < -0.39 is 0 Å². The number of rotatable bonds is 10. The minimum absolute atomic E-state index is 0.0656. The quantitative estimate of drug-likeness (QED) is 0.421. The largest absolute Gasteiger partial charge is 0.493 e. The van der Waals surface area contributed by atoms with E-state index in [9.17, 15) is 9.59 Å². The molecule has 0 aliphatic carbocycles. The van der Waals surface area contributed by atoms with Gasteiger partial charge in [-0.1, -0.05) is 49.4 Å². The van der Waals surface area contributed by atoms with Crippen LogP contribution in [0.3, 0.4) is 0 Å². The van der Waals surface area contributed by atoms with Crippen molar-refractivity contribution in [1.29, 1.82) is 0 Å². The SMILES string of the molecule is CCC(=O)Nc1cc(NC(=O)CNc2cccc(OCCc3ccccc3)c2)ccc1C. The summed E-state index contributed by atoms with van der Waals surface area (Å²) in [4.78, 5) is 24.1. The van der Waals surface area contributed by atoms with Gasteiger partial charge in [0.2, 0.25) is 11.8 Å². The molecular weight excluding hydrogens is 402 g/mol. The first-order chi connectivity index (χ1) is 15.5. The Morgan fingerprint density at radius 3 is 2.44 bits per heavy atom. The molecule has 0 spiro atoms. The van der Waals surface area contributed by atoms with Crippen molar-refractivity contribution in [2.45, 2.75) is 26.7 Å². The number of amides is 2. The molecule has 166 valence electrons. The summed E-state index contributed by atoms with van der Waals surface area (Å²) in [5.74, 6) is 0.502. The van der Waals surface area contributed by atoms with Gasteiger partial charge in [0, 0.05) is 36.0 Å². The smallest absolute Gasteiger partial charge is 0.243 e. The Balaban J connectivity index is 1.49. The molecule has 0 aromatic heterocycles.